The number of imidazole rings is 1. The van der Waals surface area contributed by atoms with Crippen molar-refractivity contribution in [2.75, 3.05) is 0 Å². The van der Waals surface area contributed by atoms with Crippen LogP contribution in [0.3, 0.4) is 0 Å². The summed E-state index contributed by atoms with van der Waals surface area (Å²) < 4.78 is 2.32. The number of para-hydroxylation sites is 1. The molecule has 0 saturated heterocycles. The molecule has 2 heterocycles. The molecule has 0 bridgehead atoms. The van der Waals surface area contributed by atoms with Crippen LogP contribution < -0.4 is 0 Å². The number of carbonyl (C=O) groups is 1. The fraction of sp³-hybridized carbons (Fsp3) is 0.147. The number of fused-ring (bicyclic) bond motifs is 2. The van der Waals surface area contributed by atoms with Crippen molar-refractivity contribution in [2.45, 2.75) is 32.7 Å². The predicted octanol–water partition coefficient (Wildman–Crippen LogP) is 8.01. The van der Waals surface area contributed by atoms with Crippen molar-refractivity contribution in [3.05, 3.63) is 120 Å². The van der Waals surface area contributed by atoms with Gasteiger partial charge in [0.05, 0.1) is 27.8 Å². The van der Waals surface area contributed by atoms with E-state index >= 15 is 0 Å². The molecule has 2 aromatic heterocycles. The number of unbranched alkanes of at least 4 members (excludes halogenated alkanes) is 1. The lowest BCUT2D eigenvalue weighted by molar-refractivity contribution is 0.0697. The third-order valence-electron chi connectivity index (χ3n) is 7.24. The Kier molecular flexibility index (Phi) is 6.64. The van der Waals surface area contributed by atoms with Gasteiger partial charge < -0.3 is 9.67 Å². The van der Waals surface area contributed by atoms with Crippen LogP contribution in [0.2, 0.25) is 0 Å². The number of pyridine rings is 1. The van der Waals surface area contributed by atoms with Crippen LogP contribution in [-0.4, -0.2) is 25.6 Å². The second-order valence-electron chi connectivity index (χ2n) is 9.86. The van der Waals surface area contributed by atoms with Crippen molar-refractivity contribution in [1.29, 1.82) is 0 Å². The van der Waals surface area contributed by atoms with Gasteiger partial charge in [-0.1, -0.05) is 86.1 Å². The van der Waals surface area contributed by atoms with Crippen molar-refractivity contribution in [3.8, 4) is 22.4 Å². The van der Waals surface area contributed by atoms with E-state index in [-0.39, 0.29) is 0 Å². The van der Waals surface area contributed by atoms with Crippen LogP contribution in [0.5, 0.6) is 0 Å². The number of benzene rings is 4. The molecule has 0 aliphatic rings. The Hall–Kier alpha value is -4.77. The van der Waals surface area contributed by atoms with Gasteiger partial charge in [0.25, 0.3) is 0 Å². The van der Waals surface area contributed by atoms with Crippen molar-refractivity contribution >= 4 is 27.9 Å². The zero-order valence-corrected chi connectivity index (χ0v) is 21.8. The summed E-state index contributed by atoms with van der Waals surface area (Å²) in [7, 11) is 0. The fourth-order valence-corrected chi connectivity index (χ4v) is 5.15. The van der Waals surface area contributed by atoms with E-state index in [4.69, 9.17) is 9.97 Å². The van der Waals surface area contributed by atoms with Crippen LogP contribution in [0, 0.1) is 0 Å². The van der Waals surface area contributed by atoms with Crippen molar-refractivity contribution < 1.29 is 9.90 Å². The minimum absolute atomic E-state index is 0.308. The molecule has 5 nitrogen and oxygen atoms in total. The number of hydrogen-bond acceptors (Lipinski definition) is 3. The summed E-state index contributed by atoms with van der Waals surface area (Å²) in [6.07, 6.45) is 3.10. The number of aromatic carboxylic acids is 1. The number of aryl methyl sites for hydroxylation is 1. The Bertz CT molecular complexity index is 1800. The molecule has 39 heavy (non-hydrogen) atoms. The van der Waals surface area contributed by atoms with Crippen molar-refractivity contribution in [2.24, 2.45) is 0 Å². The van der Waals surface area contributed by atoms with E-state index in [1.807, 2.05) is 42.5 Å². The average molecular weight is 512 g/mol. The van der Waals surface area contributed by atoms with E-state index in [1.165, 1.54) is 0 Å². The maximum atomic E-state index is 11.7. The summed E-state index contributed by atoms with van der Waals surface area (Å²) in [6.45, 7) is 2.88. The lowest BCUT2D eigenvalue weighted by Crippen LogP contribution is -2.05. The number of carboxylic acid groups (broad SMARTS) is 1. The van der Waals surface area contributed by atoms with Gasteiger partial charge in [-0.25, -0.2) is 14.8 Å². The first kappa shape index (κ1) is 24.6. The smallest absolute Gasteiger partial charge is 0.336 e. The van der Waals surface area contributed by atoms with Crippen molar-refractivity contribution in [1.82, 2.24) is 14.5 Å². The molecule has 0 fully saturated rings. The van der Waals surface area contributed by atoms with Crippen LogP contribution in [0.25, 0.3) is 44.3 Å². The average Bonchev–Trinajstić information content (AvgIpc) is 3.32. The SMILES string of the molecule is CCCCc1nc2ccc(-c3ccc4ccccc4n3)cc2n1Cc1ccc(-c2ccccc2C(=O)O)cc1. The largest absolute Gasteiger partial charge is 0.478 e. The van der Waals surface area contributed by atoms with E-state index in [1.54, 1.807) is 12.1 Å². The van der Waals surface area contributed by atoms with Gasteiger partial charge in [-0.3, -0.25) is 0 Å². The summed E-state index contributed by atoms with van der Waals surface area (Å²) in [5.74, 6) is 0.160. The molecule has 0 atom stereocenters. The van der Waals surface area contributed by atoms with Crippen LogP contribution in [0.4, 0.5) is 0 Å². The van der Waals surface area contributed by atoms with E-state index in [9.17, 15) is 9.90 Å². The lowest BCUT2D eigenvalue weighted by atomic mass is 9.98. The van der Waals surface area contributed by atoms with Gasteiger partial charge in [0.15, 0.2) is 0 Å². The first-order chi connectivity index (χ1) is 19.1. The van der Waals surface area contributed by atoms with Crippen LogP contribution >= 0.6 is 0 Å². The summed E-state index contributed by atoms with van der Waals surface area (Å²) in [5.41, 5.74) is 8.13. The lowest BCUT2D eigenvalue weighted by Gasteiger charge is -2.12. The number of carboxylic acids is 1. The van der Waals surface area contributed by atoms with Crippen LogP contribution in [0.1, 0.15) is 41.5 Å². The Labute approximate surface area is 227 Å². The van der Waals surface area contributed by atoms with E-state index in [0.717, 1.165) is 75.0 Å². The third kappa shape index (κ3) is 4.91. The zero-order valence-electron chi connectivity index (χ0n) is 21.8. The first-order valence-electron chi connectivity index (χ1n) is 13.4. The fourth-order valence-electron chi connectivity index (χ4n) is 5.15. The molecule has 0 amide bonds. The molecule has 4 aromatic carbocycles. The molecule has 192 valence electrons. The third-order valence-corrected chi connectivity index (χ3v) is 7.24. The van der Waals surface area contributed by atoms with E-state index in [2.05, 4.69) is 60.0 Å². The molecule has 1 N–H and O–H groups in total. The second kappa shape index (κ2) is 10.5. The summed E-state index contributed by atoms with van der Waals surface area (Å²) in [4.78, 5) is 21.6. The normalized spacial score (nSPS) is 11.3. The molecular weight excluding hydrogens is 482 g/mol. The number of rotatable bonds is 8. The van der Waals surface area contributed by atoms with Crippen molar-refractivity contribution in [3.63, 3.8) is 0 Å². The molecule has 6 rings (SSSR count). The predicted molar refractivity (Wildman–Crippen MR) is 157 cm³/mol. The number of nitrogens with zero attached hydrogens (tertiary/aromatic N) is 3. The van der Waals surface area contributed by atoms with Gasteiger partial charge in [-0.2, -0.15) is 0 Å². The monoisotopic (exact) mass is 511 g/mol. The first-order valence-corrected chi connectivity index (χ1v) is 13.4. The zero-order chi connectivity index (χ0) is 26.8. The Morgan fingerprint density at radius 3 is 2.38 bits per heavy atom. The van der Waals surface area contributed by atoms with Gasteiger partial charge in [-0.15, -0.1) is 0 Å². The van der Waals surface area contributed by atoms with Crippen LogP contribution in [-0.2, 0) is 13.0 Å². The highest BCUT2D eigenvalue weighted by molar-refractivity contribution is 5.96. The maximum absolute atomic E-state index is 11.7. The van der Waals surface area contributed by atoms with E-state index in [0.29, 0.717) is 12.1 Å². The second-order valence-corrected chi connectivity index (χ2v) is 9.86. The quantitative estimate of drug-likeness (QED) is 0.225. The minimum atomic E-state index is -0.920. The molecule has 0 unspecified atom stereocenters. The highest BCUT2D eigenvalue weighted by atomic mass is 16.4. The van der Waals surface area contributed by atoms with Gasteiger partial charge in [0.1, 0.15) is 5.82 Å². The minimum Gasteiger partial charge on any atom is -0.478 e. The highest BCUT2D eigenvalue weighted by Crippen LogP contribution is 2.28. The summed E-state index contributed by atoms with van der Waals surface area (Å²) >= 11 is 0. The molecular formula is C34H29N3O2. The Balaban J connectivity index is 1.38. The van der Waals surface area contributed by atoms with Gasteiger partial charge in [0, 0.05) is 23.9 Å². The Morgan fingerprint density at radius 2 is 1.56 bits per heavy atom. The van der Waals surface area contributed by atoms with Crippen LogP contribution in [0.15, 0.2) is 103 Å². The highest BCUT2D eigenvalue weighted by Gasteiger charge is 2.14. The molecule has 6 aromatic rings. The molecule has 5 heteroatoms. The Morgan fingerprint density at radius 1 is 0.795 bits per heavy atom. The maximum Gasteiger partial charge on any atom is 0.336 e. The standard InChI is InChI=1S/C34H29N3O2/c1-2-3-12-33-36-31-20-18-26(30-19-17-25-8-4-7-11-29(25)35-30)21-32(31)37(33)22-23-13-15-24(16-14-23)27-9-5-6-10-28(27)34(38)39/h4-11,13-21H,2-3,12,22H2,1H3,(H,38,39). The molecule has 0 spiro atoms. The van der Waals surface area contributed by atoms with Gasteiger partial charge in [0.2, 0.25) is 0 Å². The number of hydrogen-bond donors (Lipinski definition) is 1. The molecule has 0 saturated carbocycles. The summed E-state index contributed by atoms with van der Waals surface area (Å²) in [5, 5.41) is 10.7. The molecule has 0 radical (unpaired) electrons. The number of aromatic nitrogens is 3. The van der Waals surface area contributed by atoms with Gasteiger partial charge >= 0.3 is 5.97 Å². The van der Waals surface area contributed by atoms with Gasteiger partial charge in [-0.05, 0) is 53.4 Å². The molecule has 0 aliphatic heterocycles. The van der Waals surface area contributed by atoms with E-state index < -0.39 is 5.97 Å². The topological polar surface area (TPSA) is 68.0 Å². The molecule has 0 aliphatic carbocycles. The summed E-state index contributed by atoms with van der Waals surface area (Å²) in [6, 6.07) is 34.1.